The third-order valence-electron chi connectivity index (χ3n) is 7.78. The Balaban J connectivity index is 3.72. The molecule has 0 aliphatic carbocycles. The van der Waals surface area contributed by atoms with Gasteiger partial charge in [-0.25, -0.2) is 0 Å². The number of aliphatic hydroxyl groups is 3. The molecule has 44 heavy (non-hydrogen) atoms. The number of unbranched alkanes of at least 4 members (excludes halogenated alkanes) is 14. The number of carbonyl (C=O) groups excluding carboxylic acids is 1. The van der Waals surface area contributed by atoms with E-state index >= 15 is 0 Å². The highest BCUT2D eigenvalue weighted by Gasteiger charge is 2.20. The lowest BCUT2D eigenvalue weighted by molar-refractivity contribution is -0.124. The van der Waals surface area contributed by atoms with E-state index in [1.165, 1.54) is 70.6 Å². The molecule has 254 valence electrons. The number of allylic oxidation sites excluding steroid dienone is 9. The molecule has 0 saturated heterocycles. The molecular formula is C39H69NO4. The Morgan fingerprint density at radius 2 is 1.05 bits per heavy atom. The monoisotopic (exact) mass is 616 g/mol. The first-order valence-corrected chi connectivity index (χ1v) is 18.1. The first-order valence-electron chi connectivity index (χ1n) is 18.1. The lowest BCUT2D eigenvalue weighted by Gasteiger charge is -2.21. The molecule has 0 bridgehead atoms. The van der Waals surface area contributed by atoms with Crippen molar-refractivity contribution in [2.45, 2.75) is 173 Å². The zero-order chi connectivity index (χ0) is 32.4. The molecule has 0 aromatic carbocycles. The van der Waals surface area contributed by atoms with Crippen molar-refractivity contribution in [2.75, 3.05) is 6.61 Å². The van der Waals surface area contributed by atoms with E-state index in [0.717, 1.165) is 57.8 Å². The average Bonchev–Trinajstić information content (AvgIpc) is 3.01. The standard InChI is InChI=1S/C39H69NO4/c1-3-5-7-9-11-13-15-16-17-18-19-20-21-22-23-24-26-28-30-32-36(42)34-39(44)40-37(35-41)38(43)33-31-29-27-25-14-12-10-8-6-4-2/h5-8,11,13-14,25,31,33,36-38,41-43H,3-4,9-10,12,15-24,26-30,32,34-35H2,1-2H3,(H,40,44)/b7-5-,8-6+,13-11-,25-14+,33-31+. The minimum atomic E-state index is -0.958. The molecule has 0 heterocycles. The molecule has 0 radical (unpaired) electrons. The number of amides is 1. The predicted octanol–water partition coefficient (Wildman–Crippen LogP) is 9.59. The largest absolute Gasteiger partial charge is 0.394 e. The van der Waals surface area contributed by atoms with Crippen LogP contribution in [0.1, 0.15) is 155 Å². The summed E-state index contributed by atoms with van der Waals surface area (Å²) in [6, 6.07) is -0.766. The second-order valence-electron chi connectivity index (χ2n) is 12.0. The number of hydrogen-bond acceptors (Lipinski definition) is 4. The minimum Gasteiger partial charge on any atom is -0.394 e. The molecular weight excluding hydrogens is 546 g/mol. The molecule has 0 rings (SSSR count). The average molecular weight is 616 g/mol. The molecule has 4 N–H and O–H groups in total. The van der Waals surface area contributed by atoms with Crippen LogP contribution in [0.2, 0.25) is 0 Å². The van der Waals surface area contributed by atoms with Crippen molar-refractivity contribution in [1.82, 2.24) is 5.32 Å². The van der Waals surface area contributed by atoms with Gasteiger partial charge in [0.05, 0.1) is 31.3 Å². The highest BCUT2D eigenvalue weighted by molar-refractivity contribution is 5.76. The molecule has 0 aromatic heterocycles. The summed E-state index contributed by atoms with van der Waals surface area (Å²) in [7, 11) is 0. The zero-order valence-electron chi connectivity index (χ0n) is 28.5. The van der Waals surface area contributed by atoms with E-state index in [1.807, 2.05) is 6.08 Å². The summed E-state index contributed by atoms with van der Waals surface area (Å²) >= 11 is 0. The van der Waals surface area contributed by atoms with E-state index in [0.29, 0.717) is 6.42 Å². The maximum Gasteiger partial charge on any atom is 0.222 e. The molecule has 5 heteroatoms. The van der Waals surface area contributed by atoms with E-state index < -0.39 is 18.2 Å². The van der Waals surface area contributed by atoms with Crippen LogP contribution in [0.4, 0.5) is 0 Å². The van der Waals surface area contributed by atoms with Gasteiger partial charge in [-0.15, -0.1) is 0 Å². The SMILES string of the molecule is CC/C=C\C/C=C\CCCCCCCCCCCCCCC(O)CC(=O)NC(CO)C(O)/C=C/CC/C=C/CC/C=C/CC. The van der Waals surface area contributed by atoms with Crippen molar-refractivity contribution in [3.8, 4) is 0 Å². The summed E-state index contributed by atoms with van der Waals surface area (Å²) in [5.74, 6) is -0.337. The highest BCUT2D eigenvalue weighted by Crippen LogP contribution is 2.14. The number of nitrogens with one attached hydrogen (secondary N) is 1. The van der Waals surface area contributed by atoms with E-state index in [1.54, 1.807) is 6.08 Å². The van der Waals surface area contributed by atoms with E-state index in [2.05, 4.69) is 67.8 Å². The van der Waals surface area contributed by atoms with Gasteiger partial charge in [-0.1, -0.05) is 145 Å². The molecule has 0 aliphatic heterocycles. The van der Waals surface area contributed by atoms with Crippen molar-refractivity contribution < 1.29 is 20.1 Å². The van der Waals surface area contributed by atoms with Crippen LogP contribution in [0.3, 0.4) is 0 Å². The predicted molar refractivity (Wildman–Crippen MR) is 190 cm³/mol. The van der Waals surface area contributed by atoms with Gasteiger partial charge in [0.1, 0.15) is 0 Å². The lowest BCUT2D eigenvalue weighted by Crippen LogP contribution is -2.45. The molecule has 0 saturated carbocycles. The second kappa shape index (κ2) is 33.9. The van der Waals surface area contributed by atoms with Gasteiger partial charge in [0, 0.05) is 0 Å². The van der Waals surface area contributed by atoms with Gasteiger partial charge >= 0.3 is 0 Å². The number of aliphatic hydroxyl groups excluding tert-OH is 3. The van der Waals surface area contributed by atoms with Crippen LogP contribution in [-0.4, -0.2) is 46.1 Å². The fourth-order valence-corrected chi connectivity index (χ4v) is 5.06. The molecule has 1 amide bonds. The van der Waals surface area contributed by atoms with Crippen LogP contribution in [0.5, 0.6) is 0 Å². The van der Waals surface area contributed by atoms with E-state index in [4.69, 9.17) is 0 Å². The Bertz CT molecular complexity index is 770. The molecule has 3 atom stereocenters. The Hall–Kier alpha value is -1.95. The molecule has 0 aliphatic rings. The van der Waals surface area contributed by atoms with Crippen LogP contribution in [-0.2, 0) is 4.79 Å². The Labute approximate surface area is 271 Å². The summed E-state index contributed by atoms with van der Waals surface area (Å²) < 4.78 is 0. The normalized spacial score (nSPS) is 14.6. The number of hydrogen-bond donors (Lipinski definition) is 4. The van der Waals surface area contributed by atoms with Gasteiger partial charge in [0.2, 0.25) is 5.91 Å². The summed E-state index contributed by atoms with van der Waals surface area (Å²) in [4.78, 5) is 12.3. The van der Waals surface area contributed by atoms with Crippen LogP contribution < -0.4 is 5.32 Å². The third-order valence-corrected chi connectivity index (χ3v) is 7.78. The maximum absolute atomic E-state index is 12.3. The van der Waals surface area contributed by atoms with Crippen LogP contribution >= 0.6 is 0 Å². The van der Waals surface area contributed by atoms with Gasteiger partial charge in [0.15, 0.2) is 0 Å². The summed E-state index contributed by atoms with van der Waals surface area (Å²) in [5.41, 5.74) is 0. The molecule has 0 fully saturated rings. The van der Waals surface area contributed by atoms with E-state index in [-0.39, 0.29) is 18.9 Å². The van der Waals surface area contributed by atoms with Crippen molar-refractivity contribution in [3.63, 3.8) is 0 Å². The van der Waals surface area contributed by atoms with Crippen molar-refractivity contribution in [3.05, 3.63) is 60.8 Å². The Kier molecular flexibility index (Phi) is 32.4. The first-order chi connectivity index (χ1) is 21.5. The summed E-state index contributed by atoms with van der Waals surface area (Å²) in [5, 5.41) is 32.9. The van der Waals surface area contributed by atoms with E-state index in [9.17, 15) is 20.1 Å². The van der Waals surface area contributed by atoms with Gasteiger partial charge in [0.25, 0.3) is 0 Å². The fraction of sp³-hybridized carbons (Fsp3) is 0.718. The van der Waals surface area contributed by atoms with Crippen LogP contribution in [0.15, 0.2) is 60.8 Å². The van der Waals surface area contributed by atoms with Crippen molar-refractivity contribution >= 4 is 5.91 Å². The number of rotatable bonds is 31. The van der Waals surface area contributed by atoms with Crippen LogP contribution in [0, 0.1) is 0 Å². The summed E-state index contributed by atoms with van der Waals surface area (Å²) in [6.07, 6.45) is 43.6. The Morgan fingerprint density at radius 3 is 1.61 bits per heavy atom. The summed E-state index contributed by atoms with van der Waals surface area (Å²) in [6.45, 7) is 3.95. The number of carbonyl (C=O) groups is 1. The molecule has 5 nitrogen and oxygen atoms in total. The van der Waals surface area contributed by atoms with Crippen LogP contribution in [0.25, 0.3) is 0 Å². The quantitative estimate of drug-likeness (QED) is 0.0462. The van der Waals surface area contributed by atoms with Gasteiger partial charge in [-0.05, 0) is 64.2 Å². The fourth-order valence-electron chi connectivity index (χ4n) is 5.06. The third kappa shape index (κ3) is 30.1. The lowest BCUT2D eigenvalue weighted by atomic mass is 10.0. The minimum absolute atomic E-state index is 0.00147. The van der Waals surface area contributed by atoms with Gasteiger partial charge in [-0.3, -0.25) is 4.79 Å². The Morgan fingerprint density at radius 1 is 0.591 bits per heavy atom. The smallest absolute Gasteiger partial charge is 0.222 e. The topological polar surface area (TPSA) is 89.8 Å². The van der Waals surface area contributed by atoms with Gasteiger partial charge < -0.3 is 20.6 Å². The molecule has 0 aromatic rings. The second-order valence-corrected chi connectivity index (χ2v) is 12.0. The van der Waals surface area contributed by atoms with Crippen molar-refractivity contribution in [1.29, 1.82) is 0 Å². The van der Waals surface area contributed by atoms with Gasteiger partial charge in [-0.2, -0.15) is 0 Å². The van der Waals surface area contributed by atoms with Crippen molar-refractivity contribution in [2.24, 2.45) is 0 Å². The highest BCUT2D eigenvalue weighted by atomic mass is 16.3. The maximum atomic E-state index is 12.3. The zero-order valence-corrected chi connectivity index (χ0v) is 28.5. The molecule has 3 unspecified atom stereocenters. The first kappa shape index (κ1) is 42.0. The molecule has 0 spiro atoms.